The van der Waals surface area contributed by atoms with Crippen LogP contribution in [-0.2, 0) is 0 Å². The lowest BCUT2D eigenvalue weighted by Crippen LogP contribution is -2.01. The molecule has 0 unspecified atom stereocenters. The summed E-state index contributed by atoms with van der Waals surface area (Å²) in [6.07, 6.45) is 0. The molecule has 0 bridgehead atoms. The van der Waals surface area contributed by atoms with Crippen LogP contribution in [-0.4, -0.2) is 19.5 Å². The highest BCUT2D eigenvalue weighted by Gasteiger charge is 2.17. The minimum atomic E-state index is 0.642. The normalized spacial score (nSPS) is 11.3. The summed E-state index contributed by atoms with van der Waals surface area (Å²) in [4.78, 5) is 14.9. The van der Waals surface area contributed by atoms with Gasteiger partial charge in [-0.3, -0.25) is 0 Å². The number of aromatic nitrogens is 4. The fourth-order valence-corrected chi connectivity index (χ4v) is 6.71. The van der Waals surface area contributed by atoms with Gasteiger partial charge in [-0.25, -0.2) is 15.0 Å². The lowest BCUT2D eigenvalue weighted by atomic mass is 9.98. The van der Waals surface area contributed by atoms with Gasteiger partial charge in [-0.1, -0.05) is 158 Å². The van der Waals surface area contributed by atoms with E-state index in [1.54, 1.807) is 0 Å². The van der Waals surface area contributed by atoms with E-state index in [0.29, 0.717) is 17.5 Å². The first-order chi connectivity index (χ1) is 24.3. The van der Waals surface area contributed by atoms with Gasteiger partial charge in [-0.2, -0.15) is 0 Å². The van der Waals surface area contributed by atoms with Gasteiger partial charge in [-0.15, -0.1) is 0 Å². The van der Waals surface area contributed by atoms with E-state index in [-0.39, 0.29) is 0 Å². The largest absolute Gasteiger partial charge is 0.309 e. The lowest BCUT2D eigenvalue weighted by Gasteiger charge is -2.13. The molecule has 7 aromatic carbocycles. The molecule has 0 aliphatic rings. The molecule has 9 rings (SSSR count). The van der Waals surface area contributed by atoms with Gasteiger partial charge >= 0.3 is 0 Å². The Morgan fingerprint density at radius 1 is 0.306 bits per heavy atom. The van der Waals surface area contributed by atoms with Crippen molar-refractivity contribution < 1.29 is 0 Å². The molecule has 0 fully saturated rings. The van der Waals surface area contributed by atoms with Crippen LogP contribution in [0.2, 0.25) is 0 Å². The van der Waals surface area contributed by atoms with E-state index in [9.17, 15) is 0 Å². The SMILES string of the molecule is c1ccc(-c2ccc3c4ccccc4n(-c4ccc(-c5ccccc5-c5nc(-c6ccccc6)nc(-c6ccccc6)n5)cc4)c3c2)cc1. The van der Waals surface area contributed by atoms with Crippen LogP contribution in [0, 0.1) is 0 Å². The van der Waals surface area contributed by atoms with Gasteiger partial charge in [0.1, 0.15) is 0 Å². The summed E-state index contributed by atoms with van der Waals surface area (Å²) in [5, 5.41) is 2.48. The quantitative estimate of drug-likeness (QED) is 0.184. The second-order valence-electron chi connectivity index (χ2n) is 12.1. The van der Waals surface area contributed by atoms with Crippen molar-refractivity contribution >= 4 is 21.8 Å². The van der Waals surface area contributed by atoms with E-state index in [4.69, 9.17) is 15.0 Å². The van der Waals surface area contributed by atoms with Gasteiger partial charge in [0.2, 0.25) is 0 Å². The third-order valence-corrected chi connectivity index (χ3v) is 9.08. The highest BCUT2D eigenvalue weighted by Crippen LogP contribution is 2.37. The summed E-state index contributed by atoms with van der Waals surface area (Å²) >= 11 is 0. The van der Waals surface area contributed by atoms with Crippen molar-refractivity contribution in [3.05, 3.63) is 182 Å². The maximum Gasteiger partial charge on any atom is 0.164 e. The first-order valence-electron chi connectivity index (χ1n) is 16.5. The van der Waals surface area contributed by atoms with Crippen LogP contribution in [0.5, 0.6) is 0 Å². The van der Waals surface area contributed by atoms with Gasteiger partial charge in [0.05, 0.1) is 11.0 Å². The van der Waals surface area contributed by atoms with Crippen molar-refractivity contribution in [1.29, 1.82) is 0 Å². The topological polar surface area (TPSA) is 43.6 Å². The highest BCUT2D eigenvalue weighted by molar-refractivity contribution is 6.10. The molecule has 4 nitrogen and oxygen atoms in total. The first kappa shape index (κ1) is 28.6. The summed E-state index contributed by atoms with van der Waals surface area (Å²) in [5.74, 6) is 1.94. The summed E-state index contributed by atoms with van der Waals surface area (Å²) in [6, 6.07) is 63.4. The number of hydrogen-bond acceptors (Lipinski definition) is 3. The minimum Gasteiger partial charge on any atom is -0.309 e. The first-order valence-corrected chi connectivity index (χ1v) is 16.5. The number of hydrogen-bond donors (Lipinski definition) is 0. The standard InChI is InChI=1S/C45H30N4/c1-4-14-31(15-5-1)35-26-29-39-38-21-12-13-23-41(38)49(42(39)30-35)36-27-24-32(25-28-36)37-20-10-11-22-40(37)45-47-43(33-16-6-2-7-17-33)46-44(48-45)34-18-8-3-9-19-34/h1-30H. The summed E-state index contributed by atoms with van der Waals surface area (Å²) in [7, 11) is 0. The van der Waals surface area contributed by atoms with Gasteiger partial charge in [0.15, 0.2) is 17.5 Å². The summed E-state index contributed by atoms with van der Waals surface area (Å²) in [6.45, 7) is 0. The van der Waals surface area contributed by atoms with Gasteiger partial charge < -0.3 is 4.57 Å². The Morgan fingerprint density at radius 2 is 0.796 bits per heavy atom. The zero-order valence-electron chi connectivity index (χ0n) is 26.6. The Labute approximate surface area is 284 Å². The van der Waals surface area contributed by atoms with E-state index in [1.165, 1.54) is 32.9 Å². The van der Waals surface area contributed by atoms with E-state index < -0.39 is 0 Å². The number of para-hydroxylation sites is 1. The molecule has 0 radical (unpaired) electrons. The molecular formula is C45H30N4. The Hall–Kier alpha value is -6.65. The van der Waals surface area contributed by atoms with Crippen LogP contribution >= 0.6 is 0 Å². The fourth-order valence-electron chi connectivity index (χ4n) is 6.71. The predicted molar refractivity (Wildman–Crippen MR) is 201 cm³/mol. The molecule has 0 amide bonds. The van der Waals surface area contributed by atoms with E-state index in [1.807, 2.05) is 66.7 Å². The zero-order valence-corrected chi connectivity index (χ0v) is 26.6. The van der Waals surface area contributed by atoms with Crippen LogP contribution in [0.25, 0.3) is 83.9 Å². The average molecular weight is 627 g/mol. The third kappa shape index (κ3) is 5.26. The van der Waals surface area contributed by atoms with Crippen LogP contribution in [0.15, 0.2) is 182 Å². The lowest BCUT2D eigenvalue weighted by molar-refractivity contribution is 1.07. The predicted octanol–water partition coefficient (Wildman–Crippen LogP) is 11.3. The molecule has 2 aromatic heterocycles. The van der Waals surface area contributed by atoms with E-state index in [2.05, 4.69) is 120 Å². The van der Waals surface area contributed by atoms with Crippen LogP contribution in [0.3, 0.4) is 0 Å². The molecule has 0 spiro atoms. The Morgan fingerprint density at radius 3 is 1.45 bits per heavy atom. The smallest absolute Gasteiger partial charge is 0.164 e. The van der Waals surface area contributed by atoms with Gasteiger partial charge in [-0.05, 0) is 46.5 Å². The van der Waals surface area contributed by atoms with Crippen molar-refractivity contribution in [1.82, 2.24) is 19.5 Å². The zero-order chi connectivity index (χ0) is 32.6. The molecule has 0 N–H and O–H groups in total. The van der Waals surface area contributed by atoms with Crippen molar-refractivity contribution in [3.8, 4) is 62.1 Å². The van der Waals surface area contributed by atoms with Crippen LogP contribution in [0.1, 0.15) is 0 Å². The molecule has 2 heterocycles. The monoisotopic (exact) mass is 626 g/mol. The molecule has 0 aliphatic carbocycles. The molecule has 0 aliphatic heterocycles. The third-order valence-electron chi connectivity index (χ3n) is 9.08. The molecule has 230 valence electrons. The molecule has 49 heavy (non-hydrogen) atoms. The second-order valence-corrected chi connectivity index (χ2v) is 12.1. The molecule has 0 atom stereocenters. The van der Waals surface area contributed by atoms with Crippen molar-refractivity contribution in [2.75, 3.05) is 0 Å². The summed E-state index contributed by atoms with van der Waals surface area (Å²) < 4.78 is 2.37. The molecule has 0 saturated heterocycles. The van der Waals surface area contributed by atoms with Crippen molar-refractivity contribution in [3.63, 3.8) is 0 Å². The number of rotatable bonds is 6. The van der Waals surface area contributed by atoms with Crippen LogP contribution in [0.4, 0.5) is 0 Å². The Balaban J connectivity index is 1.17. The maximum atomic E-state index is 5.02. The van der Waals surface area contributed by atoms with Crippen molar-refractivity contribution in [2.24, 2.45) is 0 Å². The molecular weight excluding hydrogens is 597 g/mol. The average Bonchev–Trinajstić information content (AvgIpc) is 3.52. The van der Waals surface area contributed by atoms with Crippen molar-refractivity contribution in [2.45, 2.75) is 0 Å². The molecule has 9 aromatic rings. The molecule has 0 saturated carbocycles. The number of fused-ring (bicyclic) bond motifs is 3. The van der Waals surface area contributed by atoms with E-state index >= 15 is 0 Å². The van der Waals surface area contributed by atoms with E-state index in [0.717, 1.165) is 33.5 Å². The van der Waals surface area contributed by atoms with Gasteiger partial charge in [0, 0.05) is 33.2 Å². The number of nitrogens with zero attached hydrogens (tertiary/aromatic N) is 4. The van der Waals surface area contributed by atoms with Crippen LogP contribution < -0.4 is 0 Å². The maximum absolute atomic E-state index is 5.02. The summed E-state index contributed by atoms with van der Waals surface area (Å²) in [5.41, 5.74) is 10.9. The second kappa shape index (κ2) is 12.2. The Bertz CT molecular complexity index is 2520. The fraction of sp³-hybridized carbons (Fsp3) is 0. The highest BCUT2D eigenvalue weighted by atomic mass is 15.0. The Kier molecular flexibility index (Phi) is 7.10. The minimum absolute atomic E-state index is 0.642. The molecule has 4 heteroatoms. The number of benzene rings is 7. The van der Waals surface area contributed by atoms with Gasteiger partial charge in [0.25, 0.3) is 0 Å².